The van der Waals surface area contributed by atoms with Gasteiger partial charge in [0.2, 0.25) is 0 Å². The molecule has 13 heteroatoms. The maximum atomic E-state index is 13.5. The number of aromatic nitrogens is 2. The highest BCUT2D eigenvalue weighted by atomic mass is 32.2. The average molecular weight is 704 g/mol. The zero-order valence-electron chi connectivity index (χ0n) is 27.6. The number of rotatable bonds is 9. The number of nitrogens with one attached hydrogen (secondary N) is 1. The molecule has 8 rings (SSSR count). The largest absolute Gasteiger partial charge is 0.317 e. The summed E-state index contributed by atoms with van der Waals surface area (Å²) in [7, 11) is -3.67. The molecule has 0 saturated carbocycles. The van der Waals surface area contributed by atoms with Crippen molar-refractivity contribution in [2.45, 2.75) is 19.3 Å². The molecule has 0 fully saturated rings. The van der Waals surface area contributed by atoms with Crippen LogP contribution in [0, 0.1) is 0 Å². The molecule has 4 aromatic carbocycles. The van der Waals surface area contributed by atoms with E-state index in [0.717, 1.165) is 38.7 Å². The second kappa shape index (κ2) is 13.6. The van der Waals surface area contributed by atoms with Gasteiger partial charge in [0.25, 0.3) is 33.7 Å². The maximum absolute atomic E-state index is 13.5. The summed E-state index contributed by atoms with van der Waals surface area (Å²) in [6.45, 7) is 1.94. The van der Waals surface area contributed by atoms with Crippen LogP contribution < -0.4 is 5.32 Å². The molecule has 258 valence electrons. The van der Waals surface area contributed by atoms with Gasteiger partial charge in [-0.2, -0.15) is 8.42 Å². The Labute approximate surface area is 292 Å². The van der Waals surface area contributed by atoms with E-state index in [1.807, 2.05) is 48.5 Å². The second-order valence-electron chi connectivity index (χ2n) is 12.6. The number of fused-ring (bicyclic) bond motifs is 4. The minimum atomic E-state index is -3.67. The monoisotopic (exact) mass is 703 g/mol. The van der Waals surface area contributed by atoms with Gasteiger partial charge in [-0.1, -0.05) is 24.3 Å². The van der Waals surface area contributed by atoms with E-state index in [1.54, 1.807) is 36.9 Å². The average Bonchev–Trinajstić information content (AvgIpc) is 3.12. The van der Waals surface area contributed by atoms with Crippen LogP contribution in [-0.2, 0) is 10.1 Å². The SMILES string of the molecule is CS(=O)(=O)O.O=C1c2cccc3c2c(cc2ccncc23)C(=O)N1CCCCNCCCN1C(=O)c2cccc3c2c(cc2ccncc23)C1=O. The Morgan fingerprint density at radius 3 is 1.53 bits per heavy atom. The number of pyridine rings is 2. The first-order chi connectivity index (χ1) is 24.5. The Morgan fingerprint density at radius 1 is 0.608 bits per heavy atom. The number of hydrogen-bond acceptors (Lipinski definition) is 9. The van der Waals surface area contributed by atoms with E-state index in [2.05, 4.69) is 15.3 Å². The third-order valence-electron chi connectivity index (χ3n) is 9.18. The number of hydrogen-bond donors (Lipinski definition) is 2. The summed E-state index contributed by atoms with van der Waals surface area (Å²) in [5.74, 6) is -1.08. The van der Waals surface area contributed by atoms with Crippen molar-refractivity contribution in [1.82, 2.24) is 25.1 Å². The van der Waals surface area contributed by atoms with Gasteiger partial charge in [0.15, 0.2) is 0 Å². The third kappa shape index (κ3) is 6.42. The summed E-state index contributed by atoms with van der Waals surface area (Å²) in [5, 5.41) is 10.2. The highest BCUT2D eigenvalue weighted by Crippen LogP contribution is 2.36. The number of unbranched alkanes of at least 4 members (excludes halogenated alkanes) is 1. The fraction of sp³-hybridized carbons (Fsp3) is 0.211. The summed E-state index contributed by atoms with van der Waals surface area (Å²) in [6.07, 6.45) is 9.68. The van der Waals surface area contributed by atoms with Gasteiger partial charge < -0.3 is 5.32 Å². The minimum absolute atomic E-state index is 0.266. The second-order valence-corrected chi connectivity index (χ2v) is 14.0. The lowest BCUT2D eigenvalue weighted by atomic mass is 9.90. The van der Waals surface area contributed by atoms with Crippen LogP contribution in [0.3, 0.4) is 0 Å². The first-order valence-electron chi connectivity index (χ1n) is 16.5. The Balaban J connectivity index is 0.000000761. The number of carbonyl (C=O) groups is 4. The van der Waals surface area contributed by atoms with Crippen LogP contribution in [0.15, 0.2) is 85.5 Å². The van der Waals surface area contributed by atoms with Gasteiger partial charge in [-0.3, -0.25) is 43.5 Å². The molecule has 2 aromatic heterocycles. The minimum Gasteiger partial charge on any atom is -0.317 e. The molecule has 2 aliphatic rings. The molecule has 4 amide bonds. The zero-order valence-corrected chi connectivity index (χ0v) is 28.4. The first kappa shape index (κ1) is 33.8. The van der Waals surface area contributed by atoms with Crippen LogP contribution in [0.25, 0.3) is 43.1 Å². The third-order valence-corrected chi connectivity index (χ3v) is 9.18. The summed E-state index contributed by atoms with van der Waals surface area (Å²) < 4.78 is 25.9. The number of benzene rings is 4. The van der Waals surface area contributed by atoms with Crippen molar-refractivity contribution in [2.75, 3.05) is 32.4 Å². The van der Waals surface area contributed by atoms with Gasteiger partial charge in [-0.05, 0) is 90.3 Å². The van der Waals surface area contributed by atoms with Crippen molar-refractivity contribution >= 4 is 76.8 Å². The van der Waals surface area contributed by atoms with E-state index in [0.29, 0.717) is 78.3 Å². The van der Waals surface area contributed by atoms with E-state index in [1.165, 1.54) is 9.80 Å². The Hall–Kier alpha value is -5.63. The Kier molecular flexibility index (Phi) is 9.02. The van der Waals surface area contributed by atoms with Crippen molar-refractivity contribution in [1.29, 1.82) is 0 Å². The molecular formula is C38H33N5O7S. The van der Waals surface area contributed by atoms with Crippen molar-refractivity contribution < 1.29 is 32.1 Å². The molecule has 0 spiro atoms. The van der Waals surface area contributed by atoms with Crippen molar-refractivity contribution in [2.24, 2.45) is 0 Å². The fourth-order valence-electron chi connectivity index (χ4n) is 6.97. The lowest BCUT2D eigenvalue weighted by Crippen LogP contribution is -2.41. The quantitative estimate of drug-likeness (QED) is 0.0879. The molecule has 0 bridgehead atoms. The van der Waals surface area contributed by atoms with Gasteiger partial charge in [0.05, 0.1) is 6.26 Å². The molecular weight excluding hydrogens is 671 g/mol. The predicted octanol–water partition coefficient (Wildman–Crippen LogP) is 5.25. The van der Waals surface area contributed by atoms with E-state index in [-0.39, 0.29) is 23.6 Å². The van der Waals surface area contributed by atoms with Gasteiger partial charge in [0, 0.05) is 81.7 Å². The zero-order chi connectivity index (χ0) is 35.9. The van der Waals surface area contributed by atoms with E-state index >= 15 is 0 Å². The molecule has 0 aliphatic carbocycles. The van der Waals surface area contributed by atoms with Gasteiger partial charge in [0.1, 0.15) is 0 Å². The van der Waals surface area contributed by atoms with Crippen molar-refractivity contribution in [3.05, 3.63) is 108 Å². The number of imide groups is 2. The molecule has 0 unspecified atom stereocenters. The summed E-state index contributed by atoms with van der Waals surface area (Å²) in [4.78, 5) is 64.8. The van der Waals surface area contributed by atoms with Crippen LogP contribution in [0.5, 0.6) is 0 Å². The molecule has 0 saturated heterocycles. The Morgan fingerprint density at radius 2 is 1.04 bits per heavy atom. The smallest absolute Gasteiger partial charge is 0.261 e. The van der Waals surface area contributed by atoms with Gasteiger partial charge >= 0.3 is 0 Å². The molecule has 51 heavy (non-hydrogen) atoms. The predicted molar refractivity (Wildman–Crippen MR) is 193 cm³/mol. The Bertz CT molecular complexity index is 2370. The van der Waals surface area contributed by atoms with E-state index < -0.39 is 10.1 Å². The number of carbonyl (C=O) groups excluding carboxylic acids is 4. The van der Waals surface area contributed by atoms with Crippen LogP contribution in [-0.4, -0.2) is 88.8 Å². The van der Waals surface area contributed by atoms with Crippen LogP contribution >= 0.6 is 0 Å². The van der Waals surface area contributed by atoms with Gasteiger partial charge in [-0.15, -0.1) is 0 Å². The topological polar surface area (TPSA) is 167 Å². The maximum Gasteiger partial charge on any atom is 0.261 e. The number of nitrogens with zero attached hydrogens (tertiary/aromatic N) is 4. The fourth-order valence-corrected chi connectivity index (χ4v) is 6.97. The van der Waals surface area contributed by atoms with Crippen LogP contribution in [0.4, 0.5) is 0 Å². The highest BCUT2D eigenvalue weighted by molar-refractivity contribution is 7.85. The molecule has 6 aromatic rings. The highest BCUT2D eigenvalue weighted by Gasteiger charge is 2.34. The summed E-state index contributed by atoms with van der Waals surface area (Å²) >= 11 is 0. The summed E-state index contributed by atoms with van der Waals surface area (Å²) in [5.41, 5.74) is 2.18. The normalized spacial score (nSPS) is 14.2. The molecule has 4 heterocycles. The van der Waals surface area contributed by atoms with E-state index in [4.69, 9.17) is 4.55 Å². The lowest BCUT2D eigenvalue weighted by Gasteiger charge is -2.28. The molecule has 0 atom stereocenters. The molecule has 2 aliphatic heterocycles. The standard InChI is InChI=1S/C37H29N5O4.CH4O3S/c43-34-26-8-3-6-24-30-20-39-14-10-22(30)18-28(32(24)26)36(45)41(34)16-2-1-12-38-13-5-17-42-35(44)27-9-4-7-25-31-21-40-15-11-23(31)19-29(33(25)27)37(42)46;1-5(2,3)4/h3-4,6-11,14-15,18-21,38H,1-2,5,12-13,16-17H2;1H3,(H,2,3,4). The lowest BCUT2D eigenvalue weighted by molar-refractivity contribution is 0.0591. The molecule has 2 N–H and O–H groups in total. The summed E-state index contributed by atoms with van der Waals surface area (Å²) in [6, 6.07) is 18.6. The molecule has 12 nitrogen and oxygen atoms in total. The van der Waals surface area contributed by atoms with Crippen LogP contribution in [0.1, 0.15) is 60.7 Å². The van der Waals surface area contributed by atoms with Crippen LogP contribution in [0.2, 0.25) is 0 Å². The first-order valence-corrected chi connectivity index (χ1v) is 18.3. The van der Waals surface area contributed by atoms with Crippen molar-refractivity contribution in [3.8, 4) is 0 Å². The van der Waals surface area contributed by atoms with E-state index in [9.17, 15) is 27.6 Å². The van der Waals surface area contributed by atoms with Gasteiger partial charge in [-0.25, -0.2) is 0 Å². The van der Waals surface area contributed by atoms with Crippen molar-refractivity contribution in [3.63, 3.8) is 0 Å². The number of amides is 4. The molecule has 0 radical (unpaired) electrons.